The summed E-state index contributed by atoms with van der Waals surface area (Å²) < 4.78 is 11.4. The highest BCUT2D eigenvalue weighted by Gasteiger charge is 2.50. The van der Waals surface area contributed by atoms with E-state index in [0.29, 0.717) is 24.3 Å². The Kier molecular flexibility index (Phi) is 8.66. The molecule has 0 saturated carbocycles. The standard InChI is InChI=1S/C41H38N6O6/c1-40(2,28-9-12-31(13-10-28)53-21-30-17-19-43-39(44-30)46-22-41(23-46)24-52-25-41)27-7-5-26(6-8-27)4-3-18-42-29-11-14-32-33(20-29)38(51)47(37(32)50)34-15-16-35(48)45-36(34)49/h5-14,17,19-20,34,42H,15-16,18,21-25H2,1-2H3,(H,45,48,49). The lowest BCUT2D eigenvalue weighted by Crippen LogP contribution is -2.66. The SMILES string of the molecule is CC(C)(c1ccc(C#CCNc2ccc3c(c2)C(=O)N(C2CCC(=O)NC2=O)C3=O)cc1)c1ccc(OCc2ccnc(N3CC4(COC4)C3)n2)cc1. The topological polar surface area (TPSA) is 143 Å². The molecule has 0 aliphatic carbocycles. The quantitative estimate of drug-likeness (QED) is 0.193. The van der Waals surface area contributed by atoms with Crippen LogP contribution in [-0.2, 0) is 26.3 Å². The number of hydrogen-bond acceptors (Lipinski definition) is 10. The first kappa shape index (κ1) is 34.0. The van der Waals surface area contributed by atoms with Crippen LogP contribution in [0.2, 0.25) is 0 Å². The minimum Gasteiger partial charge on any atom is -0.487 e. The fraction of sp³-hybridized carbons (Fsp3) is 0.317. The molecule has 12 heteroatoms. The van der Waals surface area contributed by atoms with Crippen LogP contribution in [0.1, 0.15) is 69.8 Å². The van der Waals surface area contributed by atoms with Crippen molar-refractivity contribution in [3.8, 4) is 17.6 Å². The molecule has 1 unspecified atom stereocenters. The first-order valence-electron chi connectivity index (χ1n) is 17.7. The van der Waals surface area contributed by atoms with Gasteiger partial charge in [-0.05, 0) is 66.1 Å². The number of rotatable bonds is 9. The van der Waals surface area contributed by atoms with Gasteiger partial charge in [-0.1, -0.05) is 50.0 Å². The summed E-state index contributed by atoms with van der Waals surface area (Å²) in [5.41, 5.74) is 5.12. The predicted molar refractivity (Wildman–Crippen MR) is 195 cm³/mol. The number of carbonyl (C=O) groups excluding carboxylic acids is 4. The molecule has 3 aromatic carbocycles. The average molecular weight is 711 g/mol. The van der Waals surface area contributed by atoms with Gasteiger partial charge < -0.3 is 19.7 Å². The summed E-state index contributed by atoms with van der Waals surface area (Å²) >= 11 is 0. The monoisotopic (exact) mass is 710 g/mol. The number of piperidine rings is 1. The first-order chi connectivity index (χ1) is 25.6. The molecule has 5 heterocycles. The van der Waals surface area contributed by atoms with E-state index in [9.17, 15) is 19.2 Å². The molecule has 53 heavy (non-hydrogen) atoms. The summed E-state index contributed by atoms with van der Waals surface area (Å²) in [6.07, 6.45) is 1.97. The number of anilines is 2. The van der Waals surface area contributed by atoms with Crippen molar-refractivity contribution in [2.75, 3.05) is 43.1 Å². The van der Waals surface area contributed by atoms with Crippen molar-refractivity contribution in [1.29, 1.82) is 0 Å². The molecule has 3 fully saturated rings. The van der Waals surface area contributed by atoms with Crippen molar-refractivity contribution in [2.24, 2.45) is 5.41 Å². The van der Waals surface area contributed by atoms with Crippen molar-refractivity contribution in [3.63, 3.8) is 0 Å². The number of nitrogens with zero attached hydrogens (tertiary/aromatic N) is 4. The highest BCUT2D eigenvalue weighted by molar-refractivity contribution is 6.23. The third-order valence-electron chi connectivity index (χ3n) is 10.5. The third kappa shape index (κ3) is 6.60. The number of ether oxygens (including phenoxy) is 2. The van der Waals surface area contributed by atoms with Crippen LogP contribution in [-0.4, -0.2) is 77.4 Å². The number of amides is 4. The van der Waals surface area contributed by atoms with Crippen molar-refractivity contribution < 1.29 is 28.7 Å². The molecule has 0 radical (unpaired) electrons. The largest absolute Gasteiger partial charge is 0.487 e. The van der Waals surface area contributed by atoms with Crippen LogP contribution < -0.4 is 20.3 Å². The van der Waals surface area contributed by atoms with E-state index in [4.69, 9.17) is 14.5 Å². The number of imide groups is 2. The summed E-state index contributed by atoms with van der Waals surface area (Å²) in [5.74, 6) is 5.67. The number of hydrogen-bond donors (Lipinski definition) is 2. The lowest BCUT2D eigenvalue weighted by molar-refractivity contribution is -0.136. The highest BCUT2D eigenvalue weighted by atomic mass is 16.5. The van der Waals surface area contributed by atoms with Crippen molar-refractivity contribution >= 4 is 35.3 Å². The zero-order valence-electron chi connectivity index (χ0n) is 29.5. The number of benzene rings is 3. The van der Waals surface area contributed by atoms with E-state index in [1.807, 2.05) is 30.3 Å². The zero-order chi connectivity index (χ0) is 36.7. The van der Waals surface area contributed by atoms with Gasteiger partial charge in [-0.3, -0.25) is 29.4 Å². The Balaban J connectivity index is 0.837. The maximum absolute atomic E-state index is 13.1. The molecule has 1 atom stereocenters. The van der Waals surface area contributed by atoms with E-state index >= 15 is 0 Å². The fourth-order valence-corrected chi connectivity index (χ4v) is 7.23. The van der Waals surface area contributed by atoms with Crippen molar-refractivity contribution in [2.45, 2.75) is 44.8 Å². The fourth-order valence-electron chi connectivity index (χ4n) is 7.23. The summed E-state index contributed by atoms with van der Waals surface area (Å²) in [5, 5.41) is 5.39. The molecule has 4 aromatic rings. The van der Waals surface area contributed by atoms with Crippen LogP contribution in [0, 0.1) is 17.3 Å². The molecule has 3 saturated heterocycles. The molecule has 4 aliphatic rings. The van der Waals surface area contributed by atoms with Crippen LogP contribution >= 0.6 is 0 Å². The van der Waals surface area contributed by atoms with E-state index in [1.165, 1.54) is 0 Å². The Bertz CT molecular complexity index is 2180. The van der Waals surface area contributed by atoms with Crippen molar-refractivity contribution in [1.82, 2.24) is 20.2 Å². The number of aromatic nitrogens is 2. The van der Waals surface area contributed by atoms with E-state index in [1.54, 1.807) is 24.4 Å². The normalized spacial score (nSPS) is 18.8. The maximum atomic E-state index is 13.1. The number of nitrogens with one attached hydrogen (secondary N) is 2. The predicted octanol–water partition coefficient (Wildman–Crippen LogP) is 4.08. The van der Waals surface area contributed by atoms with Gasteiger partial charge in [0.15, 0.2) is 0 Å². The zero-order valence-corrected chi connectivity index (χ0v) is 29.5. The maximum Gasteiger partial charge on any atom is 0.262 e. The Morgan fingerprint density at radius 2 is 1.66 bits per heavy atom. The van der Waals surface area contributed by atoms with Gasteiger partial charge in [-0.2, -0.15) is 0 Å². The second-order valence-corrected chi connectivity index (χ2v) is 14.6. The lowest BCUT2D eigenvalue weighted by Gasteiger charge is -2.54. The van der Waals surface area contributed by atoms with Gasteiger partial charge in [0.2, 0.25) is 17.8 Å². The molecule has 1 aromatic heterocycles. The average Bonchev–Trinajstić information content (AvgIpc) is 3.37. The minimum atomic E-state index is -0.998. The van der Waals surface area contributed by atoms with Gasteiger partial charge in [-0.15, -0.1) is 0 Å². The first-order valence-corrected chi connectivity index (χ1v) is 17.7. The van der Waals surface area contributed by atoms with Gasteiger partial charge in [-0.25, -0.2) is 9.97 Å². The Morgan fingerprint density at radius 3 is 2.36 bits per heavy atom. The van der Waals surface area contributed by atoms with Crippen LogP contribution in [0.15, 0.2) is 79.0 Å². The number of fused-ring (bicyclic) bond motifs is 1. The Morgan fingerprint density at radius 1 is 0.943 bits per heavy atom. The number of carbonyl (C=O) groups is 4. The van der Waals surface area contributed by atoms with E-state index in [2.05, 4.69) is 70.5 Å². The van der Waals surface area contributed by atoms with Gasteiger partial charge in [0.1, 0.15) is 18.4 Å². The molecule has 2 N–H and O–H groups in total. The molecule has 0 bridgehead atoms. The third-order valence-corrected chi connectivity index (χ3v) is 10.5. The molecule has 12 nitrogen and oxygen atoms in total. The summed E-state index contributed by atoms with van der Waals surface area (Å²) in [7, 11) is 0. The molecular formula is C41H38N6O6. The summed E-state index contributed by atoms with van der Waals surface area (Å²) in [6.45, 7) is 8.57. The van der Waals surface area contributed by atoms with Gasteiger partial charge >= 0.3 is 0 Å². The van der Waals surface area contributed by atoms with Crippen LogP contribution in [0.25, 0.3) is 0 Å². The van der Waals surface area contributed by atoms with Crippen LogP contribution in [0.5, 0.6) is 5.75 Å². The smallest absolute Gasteiger partial charge is 0.262 e. The van der Waals surface area contributed by atoms with E-state index in [-0.39, 0.29) is 29.4 Å². The molecule has 4 aliphatic heterocycles. The lowest BCUT2D eigenvalue weighted by atomic mass is 9.78. The molecule has 268 valence electrons. The summed E-state index contributed by atoms with van der Waals surface area (Å²) in [6, 6.07) is 22.1. The second kappa shape index (κ2) is 13.5. The summed E-state index contributed by atoms with van der Waals surface area (Å²) in [4.78, 5) is 62.2. The van der Waals surface area contributed by atoms with Gasteiger partial charge in [0, 0.05) is 42.4 Å². The molecule has 1 spiro atoms. The van der Waals surface area contributed by atoms with Gasteiger partial charge in [0.25, 0.3) is 11.8 Å². The second-order valence-electron chi connectivity index (χ2n) is 14.6. The molecule has 8 rings (SSSR count). The molecular weight excluding hydrogens is 672 g/mol. The highest BCUT2D eigenvalue weighted by Crippen LogP contribution is 2.39. The molecule has 4 amide bonds. The van der Waals surface area contributed by atoms with Crippen molar-refractivity contribution in [3.05, 3.63) is 113 Å². The van der Waals surface area contributed by atoms with E-state index < -0.39 is 29.7 Å². The van der Waals surface area contributed by atoms with Crippen LogP contribution in [0.3, 0.4) is 0 Å². The Hall–Kier alpha value is -6.06. The minimum absolute atomic E-state index is 0.0737. The van der Waals surface area contributed by atoms with Crippen LogP contribution in [0.4, 0.5) is 11.6 Å². The Labute approximate surface area is 306 Å². The van der Waals surface area contributed by atoms with E-state index in [0.717, 1.165) is 65.3 Å². The van der Waals surface area contributed by atoms with Gasteiger partial charge in [0.05, 0.1) is 42.0 Å².